The van der Waals surface area contributed by atoms with Crippen molar-refractivity contribution in [2.45, 2.75) is 50.9 Å². The van der Waals surface area contributed by atoms with Crippen molar-refractivity contribution in [3.05, 3.63) is 54.1 Å². The van der Waals surface area contributed by atoms with E-state index >= 15 is 0 Å². The maximum Gasteiger partial charge on any atom is 0.235 e. The third-order valence-electron chi connectivity index (χ3n) is 5.16. The number of carbonyl (C=O) groups is 1. The van der Waals surface area contributed by atoms with E-state index in [9.17, 15) is 13.2 Å². The molecule has 27 heavy (non-hydrogen) atoms. The highest BCUT2D eigenvalue weighted by Crippen LogP contribution is 2.23. The number of benzene rings is 1. The Bertz CT molecular complexity index is 862. The Morgan fingerprint density at radius 2 is 1.96 bits per heavy atom. The van der Waals surface area contributed by atoms with E-state index in [1.807, 2.05) is 34.9 Å². The monoisotopic (exact) mass is 389 g/mol. The molecule has 1 amide bonds. The van der Waals surface area contributed by atoms with Crippen LogP contribution in [0.25, 0.3) is 0 Å². The smallest absolute Gasteiger partial charge is 0.235 e. The van der Waals surface area contributed by atoms with E-state index in [0.29, 0.717) is 18.3 Å². The summed E-state index contributed by atoms with van der Waals surface area (Å²) in [5.41, 5.74) is 1.07. The molecule has 7 heteroatoms. The number of rotatable bonds is 7. The minimum atomic E-state index is -3.58. The molecule has 0 radical (unpaired) electrons. The molecule has 2 unspecified atom stereocenters. The van der Waals surface area contributed by atoms with Gasteiger partial charge in [-0.15, -0.1) is 0 Å². The van der Waals surface area contributed by atoms with Crippen molar-refractivity contribution in [1.82, 2.24) is 14.9 Å². The first-order valence-electron chi connectivity index (χ1n) is 9.47. The van der Waals surface area contributed by atoms with Crippen LogP contribution < -0.4 is 5.32 Å². The molecule has 3 rings (SSSR count). The van der Waals surface area contributed by atoms with Gasteiger partial charge < -0.3 is 9.88 Å². The molecular formula is C20H27N3O3S. The Balaban J connectivity index is 1.60. The van der Waals surface area contributed by atoms with Gasteiger partial charge in [-0.2, -0.15) is 0 Å². The van der Waals surface area contributed by atoms with Crippen molar-refractivity contribution < 1.29 is 13.2 Å². The first-order chi connectivity index (χ1) is 12.9. The summed E-state index contributed by atoms with van der Waals surface area (Å²) in [6.45, 7) is 2.66. The quantitative estimate of drug-likeness (QED) is 0.789. The number of nitrogens with one attached hydrogen (secondary N) is 1. The van der Waals surface area contributed by atoms with Gasteiger partial charge in [0.2, 0.25) is 5.91 Å². The molecule has 6 nitrogen and oxygen atoms in total. The Morgan fingerprint density at radius 1 is 1.22 bits per heavy atom. The van der Waals surface area contributed by atoms with Crippen LogP contribution in [0.5, 0.6) is 0 Å². The molecule has 1 saturated carbocycles. The van der Waals surface area contributed by atoms with E-state index < -0.39 is 21.5 Å². The van der Waals surface area contributed by atoms with Gasteiger partial charge in [-0.1, -0.05) is 50.1 Å². The Hall–Kier alpha value is -2.15. The van der Waals surface area contributed by atoms with E-state index in [4.69, 9.17) is 0 Å². The molecular weight excluding hydrogens is 362 g/mol. The first-order valence-corrected chi connectivity index (χ1v) is 11.3. The second-order valence-electron chi connectivity index (χ2n) is 7.42. The highest BCUT2D eigenvalue weighted by Gasteiger charge is 2.26. The standard InChI is InChI=1S/C20H27N3O3S/c1-16-7-5-6-10-18(16)22-20(24)15-27(25,26)14-19-21-11-12-23(19)13-17-8-3-2-4-9-17/h2-4,8-9,11-12,16,18H,5-7,10,13-15H2,1H3,(H,22,24). The van der Waals surface area contributed by atoms with Crippen molar-refractivity contribution in [3.8, 4) is 0 Å². The average Bonchev–Trinajstić information content (AvgIpc) is 3.03. The van der Waals surface area contributed by atoms with E-state index in [1.165, 1.54) is 6.42 Å². The van der Waals surface area contributed by atoms with Gasteiger partial charge >= 0.3 is 0 Å². The van der Waals surface area contributed by atoms with Crippen LogP contribution >= 0.6 is 0 Å². The number of imidazole rings is 1. The van der Waals surface area contributed by atoms with E-state index in [2.05, 4.69) is 17.2 Å². The number of hydrogen-bond acceptors (Lipinski definition) is 4. The van der Waals surface area contributed by atoms with Crippen LogP contribution in [0.4, 0.5) is 0 Å². The normalized spacial score (nSPS) is 20.3. The summed E-state index contributed by atoms with van der Waals surface area (Å²) in [6.07, 6.45) is 7.62. The molecule has 146 valence electrons. The first kappa shape index (κ1) is 19.6. The lowest BCUT2D eigenvalue weighted by Gasteiger charge is -2.29. The minimum absolute atomic E-state index is 0.0847. The van der Waals surface area contributed by atoms with Gasteiger partial charge in [0.15, 0.2) is 9.84 Å². The van der Waals surface area contributed by atoms with Gasteiger partial charge in [-0.3, -0.25) is 4.79 Å². The zero-order valence-corrected chi connectivity index (χ0v) is 16.5. The Kier molecular flexibility index (Phi) is 6.31. The molecule has 1 aliphatic carbocycles. The second-order valence-corrected chi connectivity index (χ2v) is 9.49. The predicted octanol–water partition coefficient (Wildman–Crippen LogP) is 2.54. The molecule has 1 heterocycles. The highest BCUT2D eigenvalue weighted by atomic mass is 32.2. The molecule has 0 spiro atoms. The molecule has 1 fully saturated rings. The maximum atomic E-state index is 12.5. The van der Waals surface area contributed by atoms with Crippen LogP contribution in [0, 0.1) is 5.92 Å². The fraction of sp³-hybridized carbons (Fsp3) is 0.500. The van der Waals surface area contributed by atoms with Crippen LogP contribution in [0.1, 0.15) is 44.0 Å². The highest BCUT2D eigenvalue weighted by molar-refractivity contribution is 7.91. The summed E-state index contributed by atoms with van der Waals surface area (Å²) in [4.78, 5) is 16.4. The summed E-state index contributed by atoms with van der Waals surface area (Å²) in [5, 5.41) is 2.91. The van der Waals surface area contributed by atoms with Crippen molar-refractivity contribution in [1.29, 1.82) is 0 Å². The number of aromatic nitrogens is 2. The molecule has 1 aromatic carbocycles. The fourth-order valence-corrected chi connectivity index (χ4v) is 4.85. The third-order valence-corrected chi connectivity index (χ3v) is 6.56. The Morgan fingerprint density at radius 3 is 2.70 bits per heavy atom. The zero-order valence-electron chi connectivity index (χ0n) is 15.7. The zero-order chi connectivity index (χ0) is 19.3. The van der Waals surface area contributed by atoms with E-state index in [-0.39, 0.29) is 11.8 Å². The van der Waals surface area contributed by atoms with Crippen LogP contribution in [-0.4, -0.2) is 35.7 Å². The molecule has 0 bridgehead atoms. The van der Waals surface area contributed by atoms with Crippen LogP contribution in [-0.2, 0) is 26.9 Å². The van der Waals surface area contributed by atoms with Crippen molar-refractivity contribution in [2.24, 2.45) is 5.92 Å². The summed E-state index contributed by atoms with van der Waals surface area (Å²) in [7, 11) is -3.58. The third kappa shape index (κ3) is 5.66. The molecule has 1 aromatic heterocycles. The molecule has 1 N–H and O–H groups in total. The van der Waals surface area contributed by atoms with Gasteiger partial charge in [0, 0.05) is 25.0 Å². The molecule has 2 aromatic rings. The lowest BCUT2D eigenvalue weighted by molar-refractivity contribution is -0.119. The fourth-order valence-electron chi connectivity index (χ4n) is 3.63. The van der Waals surface area contributed by atoms with Crippen molar-refractivity contribution in [2.75, 3.05) is 5.75 Å². The number of carbonyl (C=O) groups excluding carboxylic acids is 1. The molecule has 0 aliphatic heterocycles. The summed E-state index contributed by atoms with van der Waals surface area (Å²) in [5.74, 6) is -0.280. The average molecular weight is 390 g/mol. The summed E-state index contributed by atoms with van der Waals surface area (Å²) >= 11 is 0. The molecule has 2 atom stereocenters. The van der Waals surface area contributed by atoms with Crippen molar-refractivity contribution >= 4 is 15.7 Å². The predicted molar refractivity (Wildman–Crippen MR) is 105 cm³/mol. The van der Waals surface area contributed by atoms with Crippen LogP contribution in [0.15, 0.2) is 42.7 Å². The second kappa shape index (κ2) is 8.69. The van der Waals surface area contributed by atoms with Gasteiger partial charge in [0.1, 0.15) is 17.3 Å². The van der Waals surface area contributed by atoms with Gasteiger partial charge in [-0.05, 0) is 24.3 Å². The molecule has 1 aliphatic rings. The van der Waals surface area contributed by atoms with E-state index in [0.717, 1.165) is 24.8 Å². The largest absolute Gasteiger partial charge is 0.352 e. The van der Waals surface area contributed by atoms with Gasteiger partial charge in [0.05, 0.1) is 0 Å². The molecule has 0 saturated heterocycles. The number of sulfone groups is 1. The van der Waals surface area contributed by atoms with Crippen LogP contribution in [0.2, 0.25) is 0 Å². The number of nitrogens with zero attached hydrogens (tertiary/aromatic N) is 2. The minimum Gasteiger partial charge on any atom is -0.352 e. The van der Waals surface area contributed by atoms with Crippen LogP contribution in [0.3, 0.4) is 0 Å². The summed E-state index contributed by atoms with van der Waals surface area (Å²) in [6, 6.07) is 9.88. The maximum absolute atomic E-state index is 12.5. The summed E-state index contributed by atoms with van der Waals surface area (Å²) < 4.78 is 26.9. The van der Waals surface area contributed by atoms with Gasteiger partial charge in [0.25, 0.3) is 0 Å². The van der Waals surface area contributed by atoms with E-state index in [1.54, 1.807) is 12.4 Å². The SMILES string of the molecule is CC1CCCCC1NC(=O)CS(=O)(=O)Cc1nccn1Cc1ccccc1. The van der Waals surface area contributed by atoms with Gasteiger partial charge in [-0.25, -0.2) is 13.4 Å². The number of amides is 1. The number of hydrogen-bond donors (Lipinski definition) is 1. The lowest BCUT2D eigenvalue weighted by atomic mass is 9.86. The topological polar surface area (TPSA) is 81.1 Å². The Labute approximate surface area is 160 Å². The van der Waals surface area contributed by atoms with Crippen molar-refractivity contribution in [3.63, 3.8) is 0 Å². The lowest BCUT2D eigenvalue weighted by Crippen LogP contribution is -2.43.